The molecule has 0 heterocycles. The van der Waals surface area contributed by atoms with E-state index in [0.29, 0.717) is 5.56 Å². The van der Waals surface area contributed by atoms with E-state index in [2.05, 4.69) is 0 Å². The van der Waals surface area contributed by atoms with E-state index in [0.717, 1.165) is 0 Å². The van der Waals surface area contributed by atoms with Gasteiger partial charge in [-0.2, -0.15) is 0 Å². The van der Waals surface area contributed by atoms with Crippen molar-refractivity contribution >= 4 is 23.9 Å². The van der Waals surface area contributed by atoms with E-state index in [4.69, 9.17) is 24.7 Å². The summed E-state index contributed by atoms with van der Waals surface area (Å²) < 4.78 is 21.5. The average molecular weight is 522 g/mol. The number of esters is 4. The molecule has 2 unspecified atom stereocenters. The van der Waals surface area contributed by atoms with Crippen molar-refractivity contribution in [2.75, 3.05) is 6.61 Å². The first-order valence-corrected chi connectivity index (χ1v) is 12.8. The predicted octanol–water partition coefficient (Wildman–Crippen LogP) is 4.08. The van der Waals surface area contributed by atoms with Gasteiger partial charge in [0.05, 0.1) is 17.8 Å². The van der Waals surface area contributed by atoms with Gasteiger partial charge in [0.1, 0.15) is 18.8 Å². The highest BCUT2D eigenvalue weighted by Crippen LogP contribution is 2.31. The molecule has 208 valence electrons. The number of ether oxygens (including phenoxy) is 4. The molecule has 0 saturated carbocycles. The van der Waals surface area contributed by atoms with Crippen LogP contribution in [0.25, 0.3) is 0 Å². The minimum absolute atomic E-state index is 0.0491. The average Bonchev–Trinajstić information content (AvgIpc) is 2.82. The summed E-state index contributed by atoms with van der Waals surface area (Å²) in [5, 5.41) is 0. The Balaban J connectivity index is 2.99. The van der Waals surface area contributed by atoms with Crippen molar-refractivity contribution in [3.05, 3.63) is 23.8 Å². The van der Waals surface area contributed by atoms with Crippen LogP contribution in [-0.4, -0.2) is 42.6 Å². The van der Waals surface area contributed by atoms with Crippen LogP contribution in [0.2, 0.25) is 0 Å². The molecule has 0 bridgehead atoms. The third-order valence-corrected chi connectivity index (χ3v) is 6.18. The van der Waals surface area contributed by atoms with Crippen molar-refractivity contribution in [1.82, 2.24) is 0 Å². The number of rotatable bonds is 13. The fourth-order valence-corrected chi connectivity index (χ4v) is 2.80. The van der Waals surface area contributed by atoms with Gasteiger partial charge in [0.25, 0.3) is 0 Å². The highest BCUT2D eigenvalue weighted by atomic mass is 16.6. The van der Waals surface area contributed by atoms with Gasteiger partial charge in [-0.15, -0.1) is 0 Å². The van der Waals surface area contributed by atoms with Crippen LogP contribution in [0.1, 0.15) is 67.9 Å². The smallest absolute Gasteiger partial charge is 0.323 e. The Morgan fingerprint density at radius 1 is 0.730 bits per heavy atom. The molecule has 0 amide bonds. The van der Waals surface area contributed by atoms with Crippen LogP contribution < -0.4 is 15.2 Å². The molecule has 0 fully saturated rings. The van der Waals surface area contributed by atoms with E-state index in [1.807, 2.05) is 27.7 Å². The number of hydrogen-bond acceptors (Lipinski definition) is 9. The molecule has 0 radical (unpaired) electrons. The van der Waals surface area contributed by atoms with Crippen molar-refractivity contribution in [1.29, 1.82) is 0 Å². The molecule has 0 saturated heterocycles. The Kier molecular flexibility index (Phi) is 12.8. The summed E-state index contributed by atoms with van der Waals surface area (Å²) in [5.74, 6) is -2.67. The van der Waals surface area contributed by atoms with Crippen molar-refractivity contribution in [2.45, 2.75) is 80.9 Å². The SMILES string of the molecule is CC(C)C(=O)O[C@@H](C)COC(=O)[C@@H](N)Cc1ccc(OC(=O)C(C)C(C)C)c(OC(=O)C(C)C(C)C)c1. The topological polar surface area (TPSA) is 131 Å². The number of carbonyl (C=O) groups is 4. The summed E-state index contributed by atoms with van der Waals surface area (Å²) in [5.41, 5.74) is 6.62. The molecular weight excluding hydrogens is 478 g/mol. The quantitative estimate of drug-likeness (QED) is 0.301. The Morgan fingerprint density at radius 2 is 1.24 bits per heavy atom. The van der Waals surface area contributed by atoms with Gasteiger partial charge < -0.3 is 24.7 Å². The molecular formula is C28H43NO8. The molecule has 9 nitrogen and oxygen atoms in total. The Labute approximate surface area is 220 Å². The molecule has 0 aromatic heterocycles. The third kappa shape index (κ3) is 10.5. The lowest BCUT2D eigenvalue weighted by Crippen LogP contribution is -2.36. The summed E-state index contributed by atoms with van der Waals surface area (Å²) in [6.45, 7) is 16.1. The van der Waals surface area contributed by atoms with Gasteiger partial charge in [0.2, 0.25) is 0 Å². The standard InChI is InChI=1S/C28H43NO8/c1-15(2)19(8)26(31)36-23-11-10-21(13-24(23)37-27(32)20(9)16(3)4)12-22(29)28(33)34-14-18(7)35-25(30)17(5)6/h10-11,13,15-20,22H,12,14,29H2,1-9H3/t18-,19?,20?,22-/m0/s1. The first kappa shape index (κ1) is 32.1. The number of carbonyl (C=O) groups excluding carboxylic acids is 4. The van der Waals surface area contributed by atoms with Crippen LogP contribution in [0.15, 0.2) is 18.2 Å². The van der Waals surface area contributed by atoms with Crippen LogP contribution >= 0.6 is 0 Å². The maximum Gasteiger partial charge on any atom is 0.323 e. The van der Waals surface area contributed by atoms with E-state index in [1.165, 1.54) is 12.1 Å². The molecule has 0 aliphatic carbocycles. The fourth-order valence-electron chi connectivity index (χ4n) is 2.80. The minimum atomic E-state index is -1.01. The first-order valence-electron chi connectivity index (χ1n) is 12.8. The molecule has 0 spiro atoms. The zero-order valence-electron chi connectivity index (χ0n) is 23.5. The molecule has 4 atom stereocenters. The van der Waals surface area contributed by atoms with Crippen molar-refractivity contribution in [3.8, 4) is 11.5 Å². The van der Waals surface area contributed by atoms with E-state index in [1.54, 1.807) is 40.7 Å². The van der Waals surface area contributed by atoms with Gasteiger partial charge in [0.15, 0.2) is 11.5 Å². The molecule has 2 N–H and O–H groups in total. The van der Waals surface area contributed by atoms with Gasteiger partial charge in [-0.25, -0.2) is 0 Å². The summed E-state index contributed by atoms with van der Waals surface area (Å²) in [7, 11) is 0. The normalized spacial score (nSPS) is 14.6. The van der Waals surface area contributed by atoms with Crippen molar-refractivity contribution < 1.29 is 38.1 Å². The van der Waals surface area contributed by atoms with Gasteiger partial charge in [0, 0.05) is 0 Å². The lowest BCUT2D eigenvalue weighted by Gasteiger charge is -2.19. The maximum atomic E-state index is 12.6. The van der Waals surface area contributed by atoms with Gasteiger partial charge in [-0.1, -0.05) is 61.5 Å². The molecule has 0 aliphatic rings. The Hall–Kier alpha value is -2.94. The Morgan fingerprint density at radius 3 is 1.73 bits per heavy atom. The maximum absolute atomic E-state index is 12.6. The number of nitrogens with two attached hydrogens (primary N) is 1. The third-order valence-electron chi connectivity index (χ3n) is 6.18. The predicted molar refractivity (Wildman–Crippen MR) is 139 cm³/mol. The van der Waals surface area contributed by atoms with Crippen molar-refractivity contribution in [3.63, 3.8) is 0 Å². The molecule has 37 heavy (non-hydrogen) atoms. The second-order valence-electron chi connectivity index (χ2n) is 10.5. The van der Waals surface area contributed by atoms with Crippen molar-refractivity contribution in [2.24, 2.45) is 35.3 Å². The fraction of sp³-hybridized carbons (Fsp3) is 0.643. The lowest BCUT2D eigenvalue weighted by atomic mass is 9.98. The molecule has 9 heteroatoms. The van der Waals surface area contributed by atoms with Crippen LogP contribution in [0.3, 0.4) is 0 Å². The van der Waals surface area contributed by atoms with Gasteiger partial charge >= 0.3 is 23.9 Å². The lowest BCUT2D eigenvalue weighted by molar-refractivity contribution is -0.161. The van der Waals surface area contributed by atoms with Crippen LogP contribution in [0.5, 0.6) is 11.5 Å². The second kappa shape index (κ2) is 14.7. The molecule has 0 aliphatic heterocycles. The zero-order valence-corrected chi connectivity index (χ0v) is 23.5. The monoisotopic (exact) mass is 521 g/mol. The van der Waals surface area contributed by atoms with E-state index >= 15 is 0 Å². The van der Waals surface area contributed by atoms with E-state index in [-0.39, 0.29) is 60.1 Å². The van der Waals surface area contributed by atoms with Crippen LogP contribution in [-0.2, 0) is 35.1 Å². The number of benzene rings is 1. The summed E-state index contributed by atoms with van der Waals surface area (Å²) in [4.78, 5) is 49.3. The summed E-state index contributed by atoms with van der Waals surface area (Å²) in [6.07, 6.45) is -0.526. The Bertz CT molecular complexity index is 940. The molecule has 1 rings (SSSR count). The van der Waals surface area contributed by atoms with E-state index < -0.39 is 30.1 Å². The number of hydrogen-bond donors (Lipinski definition) is 1. The molecule has 1 aromatic rings. The highest BCUT2D eigenvalue weighted by molar-refractivity contribution is 5.79. The summed E-state index contributed by atoms with van der Waals surface area (Å²) in [6, 6.07) is 3.69. The van der Waals surface area contributed by atoms with Crippen LogP contribution in [0.4, 0.5) is 0 Å². The second-order valence-corrected chi connectivity index (χ2v) is 10.5. The summed E-state index contributed by atoms with van der Waals surface area (Å²) >= 11 is 0. The van der Waals surface area contributed by atoms with E-state index in [9.17, 15) is 19.2 Å². The largest absolute Gasteiger partial charge is 0.461 e. The zero-order chi connectivity index (χ0) is 28.4. The van der Waals surface area contributed by atoms with Crippen LogP contribution in [0, 0.1) is 29.6 Å². The minimum Gasteiger partial charge on any atom is -0.461 e. The van der Waals surface area contributed by atoms with Gasteiger partial charge in [-0.05, 0) is 42.9 Å². The van der Waals surface area contributed by atoms with Gasteiger partial charge in [-0.3, -0.25) is 19.2 Å². The highest BCUT2D eigenvalue weighted by Gasteiger charge is 2.25. The molecule has 1 aromatic carbocycles. The first-order chi connectivity index (χ1) is 17.1.